The third-order valence-electron chi connectivity index (χ3n) is 2.02. The highest BCUT2D eigenvalue weighted by Gasteiger charge is 2.28. The number of aromatic nitrogens is 1. The fourth-order valence-corrected chi connectivity index (χ4v) is 1.10. The molecule has 1 atom stereocenters. The first-order valence-corrected chi connectivity index (χ1v) is 4.30. The molecule has 0 radical (unpaired) electrons. The lowest BCUT2D eigenvalue weighted by Gasteiger charge is -2.04. The molecule has 0 saturated heterocycles. The van der Waals surface area contributed by atoms with Crippen LogP contribution >= 0.6 is 0 Å². The molecule has 1 aromatic rings. The van der Waals surface area contributed by atoms with Gasteiger partial charge in [0.2, 0.25) is 5.89 Å². The van der Waals surface area contributed by atoms with Crippen LogP contribution in [-0.4, -0.2) is 27.1 Å². The van der Waals surface area contributed by atoms with E-state index in [0.717, 1.165) is 0 Å². The molecule has 6 heteroatoms. The molecule has 1 rings (SSSR count). The number of hydrogen-bond donors (Lipinski definition) is 2. The van der Waals surface area contributed by atoms with Crippen LogP contribution in [0.15, 0.2) is 4.42 Å². The van der Waals surface area contributed by atoms with Crippen molar-refractivity contribution in [3.05, 3.63) is 17.3 Å². The number of aryl methyl sites for hydroxylation is 2. The van der Waals surface area contributed by atoms with E-state index in [4.69, 9.17) is 14.6 Å². The van der Waals surface area contributed by atoms with Gasteiger partial charge in [0.25, 0.3) is 0 Å². The van der Waals surface area contributed by atoms with Crippen LogP contribution in [0.2, 0.25) is 0 Å². The second-order valence-corrected chi connectivity index (χ2v) is 3.18. The second-order valence-electron chi connectivity index (χ2n) is 3.18. The van der Waals surface area contributed by atoms with Crippen molar-refractivity contribution in [2.24, 2.45) is 0 Å². The maximum Gasteiger partial charge on any atom is 0.316 e. The van der Waals surface area contributed by atoms with E-state index in [1.54, 1.807) is 13.8 Å². The summed E-state index contributed by atoms with van der Waals surface area (Å²) >= 11 is 0. The maximum atomic E-state index is 10.8. The van der Waals surface area contributed by atoms with Crippen LogP contribution in [0.1, 0.15) is 29.7 Å². The molecule has 6 nitrogen and oxygen atoms in total. The van der Waals surface area contributed by atoms with Crippen LogP contribution in [0.3, 0.4) is 0 Å². The molecule has 0 aliphatic carbocycles. The Morgan fingerprint density at radius 2 is 2.00 bits per heavy atom. The summed E-state index contributed by atoms with van der Waals surface area (Å²) in [6.45, 7) is 3.31. The Balaban J connectivity index is 2.99. The molecule has 15 heavy (non-hydrogen) atoms. The standard InChI is InChI=1S/C9H11NO5/c1-4-5(2)15-8(10-4)6(9(13)14)3-7(11)12/h6H,3H2,1-2H3,(H,11,12)(H,13,14). The monoisotopic (exact) mass is 213 g/mol. The van der Waals surface area contributed by atoms with Gasteiger partial charge in [0.1, 0.15) is 11.7 Å². The zero-order valence-electron chi connectivity index (χ0n) is 8.35. The van der Waals surface area contributed by atoms with E-state index in [9.17, 15) is 9.59 Å². The van der Waals surface area contributed by atoms with Crippen LogP contribution in [0, 0.1) is 13.8 Å². The van der Waals surface area contributed by atoms with Gasteiger partial charge in [-0.1, -0.05) is 0 Å². The van der Waals surface area contributed by atoms with Gasteiger partial charge in [-0.15, -0.1) is 0 Å². The molecule has 1 unspecified atom stereocenters. The van der Waals surface area contributed by atoms with Gasteiger partial charge in [-0.2, -0.15) is 0 Å². The number of hydrogen-bond acceptors (Lipinski definition) is 4. The van der Waals surface area contributed by atoms with E-state index in [0.29, 0.717) is 11.5 Å². The molecule has 0 aromatic carbocycles. The quantitative estimate of drug-likeness (QED) is 0.771. The number of oxazole rings is 1. The Hall–Kier alpha value is -1.85. The predicted octanol–water partition coefficient (Wildman–Crippen LogP) is 0.934. The van der Waals surface area contributed by atoms with Crippen LogP contribution in [-0.2, 0) is 9.59 Å². The molecule has 1 heterocycles. The average molecular weight is 213 g/mol. The van der Waals surface area contributed by atoms with Gasteiger partial charge in [0, 0.05) is 0 Å². The van der Waals surface area contributed by atoms with Crippen molar-refractivity contribution in [1.82, 2.24) is 4.98 Å². The van der Waals surface area contributed by atoms with E-state index in [-0.39, 0.29) is 5.89 Å². The van der Waals surface area contributed by atoms with Crippen LogP contribution in [0.5, 0.6) is 0 Å². The molecule has 0 aliphatic rings. The predicted molar refractivity (Wildman–Crippen MR) is 48.6 cm³/mol. The van der Waals surface area contributed by atoms with Crippen LogP contribution in [0.4, 0.5) is 0 Å². The number of carboxylic acids is 2. The van der Waals surface area contributed by atoms with Crippen molar-refractivity contribution in [2.45, 2.75) is 26.2 Å². The highest BCUT2D eigenvalue weighted by Crippen LogP contribution is 2.21. The van der Waals surface area contributed by atoms with Crippen molar-refractivity contribution in [1.29, 1.82) is 0 Å². The summed E-state index contributed by atoms with van der Waals surface area (Å²) in [6.07, 6.45) is -0.533. The molecular weight excluding hydrogens is 202 g/mol. The summed E-state index contributed by atoms with van der Waals surface area (Å²) in [7, 11) is 0. The topological polar surface area (TPSA) is 101 Å². The molecule has 0 bridgehead atoms. The Bertz CT molecular complexity index is 376. The van der Waals surface area contributed by atoms with E-state index >= 15 is 0 Å². The van der Waals surface area contributed by atoms with Crippen molar-refractivity contribution >= 4 is 11.9 Å². The lowest BCUT2D eigenvalue weighted by atomic mass is 10.1. The van der Waals surface area contributed by atoms with Gasteiger partial charge in [0.05, 0.1) is 12.1 Å². The third kappa shape index (κ3) is 2.55. The SMILES string of the molecule is Cc1nc(C(CC(=O)O)C(=O)O)oc1C. The molecule has 0 spiro atoms. The second kappa shape index (κ2) is 4.12. The van der Waals surface area contributed by atoms with Crippen LogP contribution in [0.25, 0.3) is 0 Å². The highest BCUT2D eigenvalue weighted by molar-refractivity contribution is 5.81. The largest absolute Gasteiger partial charge is 0.481 e. The Labute approximate surface area is 85.5 Å². The lowest BCUT2D eigenvalue weighted by molar-refractivity contribution is -0.145. The summed E-state index contributed by atoms with van der Waals surface area (Å²) in [5.41, 5.74) is 0.571. The first-order valence-electron chi connectivity index (χ1n) is 4.30. The number of rotatable bonds is 4. The Kier molecular flexibility index (Phi) is 3.08. The minimum Gasteiger partial charge on any atom is -0.481 e. The summed E-state index contributed by atoms with van der Waals surface area (Å²) in [5, 5.41) is 17.3. The van der Waals surface area contributed by atoms with E-state index < -0.39 is 24.3 Å². The summed E-state index contributed by atoms with van der Waals surface area (Å²) in [4.78, 5) is 25.1. The normalized spacial score (nSPS) is 12.4. The fraction of sp³-hybridized carbons (Fsp3) is 0.444. The number of carboxylic acid groups (broad SMARTS) is 2. The average Bonchev–Trinajstić information content (AvgIpc) is 2.42. The summed E-state index contributed by atoms with van der Waals surface area (Å²) in [5.74, 6) is -3.23. The zero-order valence-corrected chi connectivity index (χ0v) is 8.35. The van der Waals surface area contributed by atoms with Crippen molar-refractivity contribution in [3.63, 3.8) is 0 Å². The number of aliphatic carboxylic acids is 2. The number of carbonyl (C=O) groups is 2. The summed E-state index contributed by atoms with van der Waals surface area (Å²) < 4.78 is 5.08. The van der Waals surface area contributed by atoms with Gasteiger partial charge < -0.3 is 14.6 Å². The molecule has 82 valence electrons. The first-order chi connectivity index (χ1) is 6.91. The number of nitrogens with zero attached hydrogens (tertiary/aromatic N) is 1. The zero-order chi connectivity index (χ0) is 11.6. The van der Waals surface area contributed by atoms with Crippen molar-refractivity contribution < 1.29 is 24.2 Å². The van der Waals surface area contributed by atoms with Gasteiger partial charge in [-0.3, -0.25) is 9.59 Å². The van der Waals surface area contributed by atoms with E-state index in [1.807, 2.05) is 0 Å². The van der Waals surface area contributed by atoms with Crippen molar-refractivity contribution in [2.75, 3.05) is 0 Å². The molecule has 0 amide bonds. The van der Waals surface area contributed by atoms with Gasteiger partial charge >= 0.3 is 11.9 Å². The molecule has 1 aromatic heterocycles. The van der Waals surface area contributed by atoms with E-state index in [2.05, 4.69) is 4.98 Å². The molecular formula is C9H11NO5. The minimum absolute atomic E-state index is 0.0556. The highest BCUT2D eigenvalue weighted by atomic mass is 16.4. The van der Waals surface area contributed by atoms with Gasteiger partial charge in [-0.25, -0.2) is 4.98 Å². The first kappa shape index (κ1) is 11.2. The van der Waals surface area contributed by atoms with Gasteiger partial charge in [0.15, 0.2) is 0 Å². The molecule has 0 saturated carbocycles. The lowest BCUT2D eigenvalue weighted by Crippen LogP contribution is -2.16. The fourth-order valence-electron chi connectivity index (χ4n) is 1.10. The Morgan fingerprint density at radius 1 is 1.40 bits per heavy atom. The minimum atomic E-state index is -1.25. The third-order valence-corrected chi connectivity index (χ3v) is 2.02. The smallest absolute Gasteiger partial charge is 0.316 e. The molecule has 0 aliphatic heterocycles. The Morgan fingerprint density at radius 3 is 2.33 bits per heavy atom. The van der Waals surface area contributed by atoms with Gasteiger partial charge in [-0.05, 0) is 13.8 Å². The maximum absolute atomic E-state index is 10.8. The summed E-state index contributed by atoms with van der Waals surface area (Å²) in [6, 6.07) is 0. The van der Waals surface area contributed by atoms with Crippen molar-refractivity contribution in [3.8, 4) is 0 Å². The van der Waals surface area contributed by atoms with E-state index in [1.165, 1.54) is 0 Å². The molecule has 0 fully saturated rings. The molecule has 2 N–H and O–H groups in total. The van der Waals surface area contributed by atoms with Crippen LogP contribution < -0.4 is 0 Å².